The van der Waals surface area contributed by atoms with Crippen molar-refractivity contribution in [2.75, 3.05) is 13.1 Å². The lowest BCUT2D eigenvalue weighted by Gasteiger charge is -2.48. The van der Waals surface area contributed by atoms with Crippen LogP contribution in [0, 0.1) is 11.8 Å². The first-order valence-electron chi connectivity index (χ1n) is 8.87. The standard InChI is InChI=1S/C17H30N2O2/c18-15-8-3-1-2-7-14(15)16(20)19-11-10-17(21)9-5-4-6-13(17)12-19/h13-15,21H,1-12,18H2. The quantitative estimate of drug-likeness (QED) is 0.727. The molecule has 3 rings (SSSR count). The van der Waals surface area contributed by atoms with Crippen LogP contribution in [0.2, 0.25) is 0 Å². The van der Waals surface area contributed by atoms with Crippen molar-refractivity contribution in [1.29, 1.82) is 0 Å². The van der Waals surface area contributed by atoms with Crippen molar-refractivity contribution >= 4 is 5.91 Å². The summed E-state index contributed by atoms with van der Waals surface area (Å²) in [6.07, 6.45) is 10.5. The van der Waals surface area contributed by atoms with Gasteiger partial charge in [0.1, 0.15) is 0 Å². The number of piperidine rings is 1. The molecule has 0 aromatic heterocycles. The van der Waals surface area contributed by atoms with Crippen molar-refractivity contribution in [2.24, 2.45) is 17.6 Å². The average molecular weight is 294 g/mol. The fourth-order valence-electron chi connectivity index (χ4n) is 4.65. The minimum absolute atomic E-state index is 0.0160. The number of aliphatic hydroxyl groups is 1. The first-order valence-corrected chi connectivity index (χ1v) is 8.87. The Labute approximate surface area is 128 Å². The van der Waals surface area contributed by atoms with Crippen LogP contribution >= 0.6 is 0 Å². The third-order valence-corrected chi connectivity index (χ3v) is 6.13. The van der Waals surface area contributed by atoms with Crippen LogP contribution in [0.4, 0.5) is 0 Å². The van der Waals surface area contributed by atoms with Crippen LogP contribution in [0.15, 0.2) is 0 Å². The smallest absolute Gasteiger partial charge is 0.227 e. The number of amides is 1. The molecule has 0 aromatic carbocycles. The summed E-state index contributed by atoms with van der Waals surface area (Å²) in [7, 11) is 0. The number of fused-ring (bicyclic) bond motifs is 1. The Morgan fingerprint density at radius 1 is 1.05 bits per heavy atom. The molecule has 1 aliphatic heterocycles. The Kier molecular flexibility index (Phi) is 4.55. The molecule has 3 N–H and O–H groups in total. The number of rotatable bonds is 1. The summed E-state index contributed by atoms with van der Waals surface area (Å²) in [5.74, 6) is 0.560. The largest absolute Gasteiger partial charge is 0.389 e. The molecule has 1 saturated heterocycles. The molecule has 4 heteroatoms. The topological polar surface area (TPSA) is 66.6 Å². The van der Waals surface area contributed by atoms with E-state index in [1.807, 2.05) is 4.90 Å². The Morgan fingerprint density at radius 3 is 2.67 bits per heavy atom. The van der Waals surface area contributed by atoms with E-state index < -0.39 is 5.60 Å². The Morgan fingerprint density at radius 2 is 1.81 bits per heavy atom. The fourth-order valence-corrected chi connectivity index (χ4v) is 4.65. The Hall–Kier alpha value is -0.610. The number of hydrogen-bond donors (Lipinski definition) is 2. The molecule has 2 saturated carbocycles. The second kappa shape index (κ2) is 6.25. The van der Waals surface area contributed by atoms with Gasteiger partial charge in [0, 0.05) is 25.0 Å². The summed E-state index contributed by atoms with van der Waals surface area (Å²) >= 11 is 0. The molecule has 2 aliphatic carbocycles. The van der Waals surface area contributed by atoms with Crippen LogP contribution < -0.4 is 5.73 Å². The van der Waals surface area contributed by atoms with Gasteiger partial charge in [-0.05, 0) is 32.1 Å². The molecule has 4 nitrogen and oxygen atoms in total. The lowest BCUT2D eigenvalue weighted by molar-refractivity contribution is -0.148. The van der Waals surface area contributed by atoms with Gasteiger partial charge in [-0.25, -0.2) is 0 Å². The summed E-state index contributed by atoms with van der Waals surface area (Å²) in [5, 5.41) is 10.7. The highest BCUT2D eigenvalue weighted by Gasteiger charge is 2.44. The molecule has 21 heavy (non-hydrogen) atoms. The Bertz CT molecular complexity index is 387. The van der Waals surface area contributed by atoms with E-state index in [0.29, 0.717) is 0 Å². The summed E-state index contributed by atoms with van der Waals surface area (Å²) in [6, 6.07) is 0.0344. The Balaban J connectivity index is 1.65. The molecule has 0 bridgehead atoms. The van der Waals surface area contributed by atoms with Crippen molar-refractivity contribution in [1.82, 2.24) is 4.90 Å². The minimum Gasteiger partial charge on any atom is -0.389 e. The number of hydrogen-bond acceptors (Lipinski definition) is 3. The van der Waals surface area contributed by atoms with E-state index >= 15 is 0 Å². The highest BCUT2D eigenvalue weighted by Crippen LogP contribution is 2.40. The molecular formula is C17H30N2O2. The van der Waals surface area contributed by atoms with Gasteiger partial charge in [-0.15, -0.1) is 0 Å². The van der Waals surface area contributed by atoms with Crippen LogP contribution in [-0.2, 0) is 4.79 Å². The maximum Gasteiger partial charge on any atom is 0.227 e. The van der Waals surface area contributed by atoms with E-state index in [4.69, 9.17) is 5.73 Å². The van der Waals surface area contributed by atoms with Gasteiger partial charge in [-0.3, -0.25) is 4.79 Å². The van der Waals surface area contributed by atoms with Gasteiger partial charge in [0.2, 0.25) is 5.91 Å². The van der Waals surface area contributed by atoms with Crippen molar-refractivity contribution in [3.05, 3.63) is 0 Å². The highest BCUT2D eigenvalue weighted by atomic mass is 16.3. The summed E-state index contributed by atoms with van der Waals surface area (Å²) in [4.78, 5) is 14.9. The molecule has 4 atom stereocenters. The molecule has 1 heterocycles. The highest BCUT2D eigenvalue weighted by molar-refractivity contribution is 5.79. The predicted molar refractivity (Wildman–Crippen MR) is 82.7 cm³/mol. The molecule has 3 aliphatic rings. The summed E-state index contributed by atoms with van der Waals surface area (Å²) in [5.41, 5.74) is 5.75. The lowest BCUT2D eigenvalue weighted by atomic mass is 9.71. The second-order valence-corrected chi connectivity index (χ2v) is 7.49. The van der Waals surface area contributed by atoms with Gasteiger partial charge in [0.25, 0.3) is 0 Å². The van der Waals surface area contributed by atoms with Crippen molar-refractivity contribution in [3.8, 4) is 0 Å². The van der Waals surface area contributed by atoms with Gasteiger partial charge in [-0.1, -0.05) is 32.1 Å². The van der Waals surface area contributed by atoms with Crippen molar-refractivity contribution in [3.63, 3.8) is 0 Å². The van der Waals surface area contributed by atoms with Gasteiger partial charge >= 0.3 is 0 Å². The number of nitrogens with zero attached hydrogens (tertiary/aromatic N) is 1. The lowest BCUT2D eigenvalue weighted by Crippen LogP contribution is -2.56. The third-order valence-electron chi connectivity index (χ3n) is 6.13. The van der Waals surface area contributed by atoms with Crippen LogP contribution in [0.3, 0.4) is 0 Å². The molecule has 120 valence electrons. The number of likely N-dealkylation sites (tertiary alicyclic amines) is 1. The summed E-state index contributed by atoms with van der Waals surface area (Å²) in [6.45, 7) is 1.47. The molecule has 1 amide bonds. The van der Waals surface area contributed by atoms with E-state index in [1.54, 1.807) is 0 Å². The zero-order valence-corrected chi connectivity index (χ0v) is 13.1. The molecule has 4 unspecified atom stereocenters. The predicted octanol–water partition coefficient (Wildman–Crippen LogP) is 2.05. The first-order chi connectivity index (χ1) is 10.1. The SMILES string of the molecule is NC1CCCCCC1C(=O)N1CCC2(O)CCCCC2C1. The maximum atomic E-state index is 12.9. The average Bonchev–Trinajstić information content (AvgIpc) is 2.70. The molecular weight excluding hydrogens is 264 g/mol. The summed E-state index contributed by atoms with van der Waals surface area (Å²) < 4.78 is 0. The first kappa shape index (κ1) is 15.3. The van der Waals surface area contributed by atoms with Crippen LogP contribution in [0.25, 0.3) is 0 Å². The van der Waals surface area contributed by atoms with Crippen LogP contribution in [0.1, 0.15) is 64.2 Å². The monoisotopic (exact) mass is 294 g/mol. The maximum absolute atomic E-state index is 12.9. The normalized spacial score (nSPS) is 41.2. The number of carbonyl (C=O) groups is 1. The van der Waals surface area contributed by atoms with Crippen LogP contribution in [-0.4, -0.2) is 40.6 Å². The van der Waals surface area contributed by atoms with Crippen molar-refractivity contribution in [2.45, 2.75) is 75.9 Å². The van der Waals surface area contributed by atoms with E-state index in [2.05, 4.69) is 0 Å². The number of carbonyl (C=O) groups excluding carboxylic acids is 1. The van der Waals surface area contributed by atoms with Gasteiger partial charge in [0.15, 0.2) is 0 Å². The molecule has 3 fully saturated rings. The zero-order chi connectivity index (χ0) is 14.9. The van der Waals surface area contributed by atoms with Crippen LogP contribution in [0.5, 0.6) is 0 Å². The fraction of sp³-hybridized carbons (Fsp3) is 0.941. The van der Waals surface area contributed by atoms with E-state index in [1.165, 1.54) is 12.8 Å². The zero-order valence-electron chi connectivity index (χ0n) is 13.1. The molecule has 0 aromatic rings. The van der Waals surface area contributed by atoms with E-state index in [-0.39, 0.29) is 23.8 Å². The van der Waals surface area contributed by atoms with Crippen molar-refractivity contribution < 1.29 is 9.90 Å². The van der Waals surface area contributed by atoms with E-state index in [0.717, 1.165) is 64.5 Å². The second-order valence-electron chi connectivity index (χ2n) is 7.49. The van der Waals surface area contributed by atoms with Gasteiger partial charge in [-0.2, -0.15) is 0 Å². The third kappa shape index (κ3) is 3.11. The van der Waals surface area contributed by atoms with E-state index in [9.17, 15) is 9.90 Å². The minimum atomic E-state index is -0.499. The van der Waals surface area contributed by atoms with Gasteiger partial charge < -0.3 is 15.7 Å². The van der Waals surface area contributed by atoms with Gasteiger partial charge in [0.05, 0.1) is 11.5 Å². The molecule has 0 radical (unpaired) electrons. The molecule has 0 spiro atoms. The number of nitrogens with two attached hydrogens (primary N) is 1.